The maximum absolute atomic E-state index is 12.5. The zero-order chi connectivity index (χ0) is 15.5. The predicted octanol–water partition coefficient (Wildman–Crippen LogP) is 1.60. The van der Waals surface area contributed by atoms with Crippen molar-refractivity contribution >= 4 is 10.0 Å². The van der Waals surface area contributed by atoms with Gasteiger partial charge in [-0.15, -0.1) is 0 Å². The van der Waals surface area contributed by atoms with Gasteiger partial charge >= 0.3 is 0 Å². The Hall–Kier alpha value is -2.17. The standard InChI is InChI=1S/C14H16N4O2S/c1-3-18-13(7-8-16-18)11-17(2)21(19,20)14-6-4-5-12(9-14)10-15/h4-9H,3,11H2,1-2H3. The summed E-state index contributed by atoms with van der Waals surface area (Å²) in [7, 11) is -2.12. The van der Waals surface area contributed by atoms with Crippen LogP contribution in [0.4, 0.5) is 0 Å². The van der Waals surface area contributed by atoms with E-state index in [1.807, 2.05) is 13.0 Å². The average molecular weight is 304 g/mol. The lowest BCUT2D eigenvalue weighted by molar-refractivity contribution is 0.447. The first kappa shape index (κ1) is 15.2. The third kappa shape index (κ3) is 3.12. The zero-order valence-corrected chi connectivity index (χ0v) is 12.7. The average Bonchev–Trinajstić information content (AvgIpc) is 2.94. The van der Waals surface area contributed by atoms with Gasteiger partial charge in [-0.25, -0.2) is 8.42 Å². The van der Waals surface area contributed by atoms with Crippen molar-refractivity contribution in [1.29, 1.82) is 5.26 Å². The third-order valence-electron chi connectivity index (χ3n) is 3.16. The highest BCUT2D eigenvalue weighted by Crippen LogP contribution is 2.17. The van der Waals surface area contributed by atoms with E-state index in [0.717, 1.165) is 5.69 Å². The molecule has 0 fully saturated rings. The summed E-state index contributed by atoms with van der Waals surface area (Å²) in [5.41, 5.74) is 1.14. The van der Waals surface area contributed by atoms with Crippen LogP contribution in [0.2, 0.25) is 0 Å². The second kappa shape index (κ2) is 6.08. The Balaban J connectivity index is 2.28. The van der Waals surface area contributed by atoms with Crippen LogP contribution in [0.15, 0.2) is 41.4 Å². The quantitative estimate of drug-likeness (QED) is 0.840. The second-order valence-electron chi connectivity index (χ2n) is 4.54. The molecule has 0 bridgehead atoms. The van der Waals surface area contributed by atoms with Crippen LogP contribution in [0.5, 0.6) is 0 Å². The van der Waals surface area contributed by atoms with E-state index in [1.54, 1.807) is 29.1 Å². The van der Waals surface area contributed by atoms with Crippen LogP contribution < -0.4 is 0 Å². The largest absolute Gasteiger partial charge is 0.269 e. The zero-order valence-electron chi connectivity index (χ0n) is 11.9. The summed E-state index contributed by atoms with van der Waals surface area (Å²) in [6.07, 6.45) is 1.65. The molecule has 1 heterocycles. The molecule has 0 spiro atoms. The van der Waals surface area contributed by atoms with E-state index < -0.39 is 10.0 Å². The lowest BCUT2D eigenvalue weighted by Gasteiger charge is -2.17. The lowest BCUT2D eigenvalue weighted by Crippen LogP contribution is -2.27. The molecule has 0 atom stereocenters. The number of benzene rings is 1. The van der Waals surface area contributed by atoms with E-state index in [-0.39, 0.29) is 11.4 Å². The minimum atomic E-state index is -3.63. The molecule has 2 rings (SSSR count). The Morgan fingerprint density at radius 3 is 2.81 bits per heavy atom. The third-order valence-corrected chi connectivity index (χ3v) is 4.96. The first-order valence-electron chi connectivity index (χ1n) is 6.46. The molecule has 0 radical (unpaired) electrons. The van der Waals surface area contributed by atoms with E-state index in [0.29, 0.717) is 12.1 Å². The molecule has 21 heavy (non-hydrogen) atoms. The molecule has 6 nitrogen and oxygen atoms in total. The highest BCUT2D eigenvalue weighted by Gasteiger charge is 2.22. The monoisotopic (exact) mass is 304 g/mol. The topological polar surface area (TPSA) is 79.0 Å². The smallest absolute Gasteiger partial charge is 0.243 e. The van der Waals surface area contributed by atoms with Gasteiger partial charge in [-0.1, -0.05) is 6.07 Å². The van der Waals surface area contributed by atoms with Crippen LogP contribution in [-0.4, -0.2) is 29.6 Å². The van der Waals surface area contributed by atoms with Crippen LogP contribution in [0.3, 0.4) is 0 Å². The molecule has 0 unspecified atom stereocenters. The Morgan fingerprint density at radius 1 is 1.38 bits per heavy atom. The van der Waals surface area contributed by atoms with Gasteiger partial charge in [0.25, 0.3) is 0 Å². The molecule has 0 aliphatic heterocycles. The lowest BCUT2D eigenvalue weighted by atomic mass is 10.2. The molecular formula is C14H16N4O2S. The van der Waals surface area contributed by atoms with Gasteiger partial charge in [-0.3, -0.25) is 4.68 Å². The number of hydrogen-bond acceptors (Lipinski definition) is 4. The van der Waals surface area contributed by atoms with E-state index in [1.165, 1.54) is 23.5 Å². The van der Waals surface area contributed by atoms with Gasteiger partial charge in [-0.2, -0.15) is 14.7 Å². The normalized spacial score (nSPS) is 11.5. The summed E-state index contributed by atoms with van der Waals surface area (Å²) >= 11 is 0. The molecule has 0 aliphatic rings. The number of aromatic nitrogens is 2. The van der Waals surface area contributed by atoms with Crippen molar-refractivity contribution in [1.82, 2.24) is 14.1 Å². The van der Waals surface area contributed by atoms with Crippen LogP contribution in [0, 0.1) is 11.3 Å². The molecule has 0 amide bonds. The maximum Gasteiger partial charge on any atom is 0.243 e. The number of sulfonamides is 1. The summed E-state index contributed by atoms with van der Waals surface area (Å²) in [5, 5.41) is 13.0. The molecule has 7 heteroatoms. The molecule has 1 aromatic carbocycles. The minimum Gasteiger partial charge on any atom is -0.269 e. The molecule has 0 aliphatic carbocycles. The Morgan fingerprint density at radius 2 is 2.14 bits per heavy atom. The number of aryl methyl sites for hydroxylation is 1. The highest BCUT2D eigenvalue weighted by molar-refractivity contribution is 7.89. The molecule has 0 saturated carbocycles. The SMILES string of the molecule is CCn1nccc1CN(C)S(=O)(=O)c1cccc(C#N)c1. The van der Waals surface area contributed by atoms with Crippen molar-refractivity contribution < 1.29 is 8.42 Å². The summed E-state index contributed by atoms with van der Waals surface area (Å²) in [6, 6.07) is 9.75. The molecular weight excluding hydrogens is 288 g/mol. The fraction of sp³-hybridized carbons (Fsp3) is 0.286. The number of nitrogens with zero attached hydrogens (tertiary/aromatic N) is 4. The number of rotatable bonds is 5. The van der Waals surface area contributed by atoms with E-state index in [2.05, 4.69) is 5.10 Å². The van der Waals surface area contributed by atoms with Crippen molar-refractivity contribution in [3.05, 3.63) is 47.8 Å². The molecule has 0 saturated heterocycles. The predicted molar refractivity (Wildman–Crippen MR) is 77.7 cm³/mol. The Kier molecular flexibility index (Phi) is 4.40. The van der Waals surface area contributed by atoms with Crippen LogP contribution in [0.1, 0.15) is 18.2 Å². The summed E-state index contributed by atoms with van der Waals surface area (Å²) in [4.78, 5) is 0.117. The van der Waals surface area contributed by atoms with E-state index in [9.17, 15) is 8.42 Å². The van der Waals surface area contributed by atoms with Gasteiger partial charge in [0.1, 0.15) is 0 Å². The fourth-order valence-electron chi connectivity index (χ4n) is 2.00. The summed E-state index contributed by atoms with van der Waals surface area (Å²) < 4.78 is 28.0. The van der Waals surface area contributed by atoms with Crippen molar-refractivity contribution in [3.8, 4) is 6.07 Å². The van der Waals surface area contributed by atoms with E-state index in [4.69, 9.17) is 5.26 Å². The molecule has 0 N–H and O–H groups in total. The van der Waals surface area contributed by atoms with Crippen molar-refractivity contribution in [2.24, 2.45) is 0 Å². The molecule has 1 aromatic heterocycles. The van der Waals surface area contributed by atoms with Crippen LogP contribution >= 0.6 is 0 Å². The Bertz CT molecular complexity index is 774. The van der Waals surface area contributed by atoms with Gasteiger partial charge < -0.3 is 0 Å². The first-order valence-corrected chi connectivity index (χ1v) is 7.90. The van der Waals surface area contributed by atoms with Crippen molar-refractivity contribution in [2.45, 2.75) is 24.9 Å². The number of hydrogen-bond donors (Lipinski definition) is 0. The maximum atomic E-state index is 12.5. The summed E-state index contributed by atoms with van der Waals surface area (Å²) in [5.74, 6) is 0. The highest BCUT2D eigenvalue weighted by atomic mass is 32.2. The van der Waals surface area contributed by atoms with Gasteiger partial charge in [0.05, 0.1) is 28.8 Å². The molecule has 110 valence electrons. The number of nitriles is 1. The van der Waals surface area contributed by atoms with Crippen molar-refractivity contribution in [2.75, 3.05) is 7.05 Å². The van der Waals surface area contributed by atoms with Gasteiger partial charge in [0.2, 0.25) is 10.0 Å². The van der Waals surface area contributed by atoms with Gasteiger partial charge in [0, 0.05) is 19.8 Å². The van der Waals surface area contributed by atoms with Crippen molar-refractivity contribution in [3.63, 3.8) is 0 Å². The van der Waals surface area contributed by atoms with Crippen LogP contribution in [-0.2, 0) is 23.1 Å². The van der Waals surface area contributed by atoms with Gasteiger partial charge in [-0.05, 0) is 31.2 Å². The van der Waals surface area contributed by atoms with Gasteiger partial charge in [0.15, 0.2) is 0 Å². The van der Waals surface area contributed by atoms with E-state index >= 15 is 0 Å². The fourth-order valence-corrected chi connectivity index (χ4v) is 3.19. The first-order chi connectivity index (χ1) is 9.98. The minimum absolute atomic E-state index is 0.117. The summed E-state index contributed by atoms with van der Waals surface area (Å²) in [6.45, 7) is 2.86. The molecule has 2 aromatic rings. The Labute approximate surface area is 124 Å². The second-order valence-corrected chi connectivity index (χ2v) is 6.58. The van der Waals surface area contributed by atoms with Crippen LogP contribution in [0.25, 0.3) is 0 Å².